The second-order valence-electron chi connectivity index (χ2n) is 6.10. The fraction of sp³-hybridized carbons (Fsp3) is 0.150. The van der Waals surface area contributed by atoms with E-state index in [0.29, 0.717) is 27.8 Å². The van der Waals surface area contributed by atoms with Crippen molar-refractivity contribution in [1.29, 1.82) is 0 Å². The van der Waals surface area contributed by atoms with E-state index in [1.807, 2.05) is 32.0 Å². The largest absolute Gasteiger partial charge is 0.332 e. The van der Waals surface area contributed by atoms with Crippen LogP contribution in [0.3, 0.4) is 0 Å². The first-order chi connectivity index (χ1) is 12.4. The maximum absolute atomic E-state index is 12.6. The molecule has 1 heterocycles. The summed E-state index contributed by atoms with van der Waals surface area (Å²) in [5.74, 6) is -0.241. The number of fused-ring (bicyclic) bond motifs is 1. The average molecular weight is 365 g/mol. The summed E-state index contributed by atoms with van der Waals surface area (Å²) in [5, 5.41) is 3.39. The van der Waals surface area contributed by atoms with Crippen LogP contribution in [0, 0.1) is 18.6 Å². The Hall–Kier alpha value is -2.99. The Labute approximate surface area is 156 Å². The van der Waals surface area contributed by atoms with Crippen LogP contribution in [0.2, 0.25) is 0 Å². The van der Waals surface area contributed by atoms with Gasteiger partial charge in [-0.2, -0.15) is 0 Å². The number of hydrogen-bond acceptors (Lipinski definition) is 3. The van der Waals surface area contributed by atoms with Gasteiger partial charge in [0.05, 0.1) is 10.9 Å². The molecule has 1 amide bonds. The van der Waals surface area contributed by atoms with E-state index >= 15 is 0 Å². The summed E-state index contributed by atoms with van der Waals surface area (Å²) < 4.78 is 1.73. The predicted octanol–water partition coefficient (Wildman–Crippen LogP) is 4.11. The van der Waals surface area contributed by atoms with E-state index in [9.17, 15) is 9.59 Å². The molecule has 0 bridgehead atoms. The molecule has 0 radical (unpaired) electrons. The molecule has 1 aromatic heterocycles. The lowest BCUT2D eigenvalue weighted by Gasteiger charge is -2.11. The Balaban J connectivity index is 2.01. The minimum atomic E-state index is -0.241. The lowest BCUT2D eigenvalue weighted by Crippen LogP contribution is -2.22. The van der Waals surface area contributed by atoms with E-state index in [-0.39, 0.29) is 11.5 Å². The molecule has 2 N–H and O–H groups in total. The van der Waals surface area contributed by atoms with Crippen molar-refractivity contribution in [3.8, 4) is 0 Å². The highest BCUT2D eigenvalue weighted by molar-refractivity contribution is 7.71. The van der Waals surface area contributed by atoms with Crippen molar-refractivity contribution in [3.05, 3.63) is 80.9 Å². The second kappa shape index (κ2) is 7.09. The van der Waals surface area contributed by atoms with Crippen molar-refractivity contribution in [1.82, 2.24) is 9.55 Å². The van der Waals surface area contributed by atoms with Crippen LogP contribution in [0.15, 0.2) is 53.8 Å². The third kappa shape index (κ3) is 3.23. The number of rotatable bonds is 4. The number of H-pyrrole nitrogens is 1. The number of carbonyl (C=O) groups is 1. The average Bonchev–Trinajstić information content (AvgIpc) is 2.62. The molecule has 0 unspecified atom stereocenters. The van der Waals surface area contributed by atoms with Crippen LogP contribution in [-0.4, -0.2) is 15.5 Å². The lowest BCUT2D eigenvalue weighted by molar-refractivity contribution is 0.102. The number of aromatic amines is 1. The summed E-state index contributed by atoms with van der Waals surface area (Å²) in [6.45, 7) is 7.93. The van der Waals surface area contributed by atoms with Crippen molar-refractivity contribution in [3.63, 3.8) is 0 Å². The molecule has 6 heteroatoms. The van der Waals surface area contributed by atoms with Gasteiger partial charge < -0.3 is 10.3 Å². The number of hydrogen-bond donors (Lipinski definition) is 2. The Morgan fingerprint density at radius 3 is 2.81 bits per heavy atom. The highest BCUT2D eigenvalue weighted by Gasteiger charge is 2.11. The second-order valence-corrected chi connectivity index (χ2v) is 6.48. The molecule has 26 heavy (non-hydrogen) atoms. The van der Waals surface area contributed by atoms with Crippen molar-refractivity contribution in [2.24, 2.45) is 0 Å². The fourth-order valence-electron chi connectivity index (χ4n) is 2.77. The quantitative estimate of drug-likeness (QED) is 0.540. The first-order valence-electron chi connectivity index (χ1n) is 8.17. The predicted molar refractivity (Wildman–Crippen MR) is 107 cm³/mol. The van der Waals surface area contributed by atoms with Crippen LogP contribution >= 0.6 is 12.2 Å². The highest BCUT2D eigenvalue weighted by atomic mass is 32.1. The first kappa shape index (κ1) is 17.8. The number of benzene rings is 2. The van der Waals surface area contributed by atoms with E-state index in [4.69, 9.17) is 12.2 Å². The molecule has 3 rings (SSSR count). The van der Waals surface area contributed by atoms with Crippen LogP contribution < -0.4 is 10.9 Å². The van der Waals surface area contributed by atoms with Gasteiger partial charge in [-0.15, -0.1) is 6.58 Å². The summed E-state index contributed by atoms with van der Waals surface area (Å²) in [5.41, 5.74) is 3.68. The number of aromatic nitrogens is 2. The summed E-state index contributed by atoms with van der Waals surface area (Å²) in [6, 6.07) is 10.7. The zero-order chi connectivity index (χ0) is 18.8. The van der Waals surface area contributed by atoms with E-state index in [2.05, 4.69) is 16.9 Å². The number of allylic oxidation sites excluding steroid dienone is 1. The Morgan fingerprint density at radius 1 is 1.31 bits per heavy atom. The summed E-state index contributed by atoms with van der Waals surface area (Å²) in [7, 11) is 0. The van der Waals surface area contributed by atoms with Crippen LogP contribution in [0.5, 0.6) is 0 Å². The van der Waals surface area contributed by atoms with Gasteiger partial charge in [0.15, 0.2) is 4.77 Å². The number of nitrogens with one attached hydrogen (secondary N) is 2. The first-order valence-corrected chi connectivity index (χ1v) is 8.58. The van der Waals surface area contributed by atoms with Gasteiger partial charge in [0.1, 0.15) is 0 Å². The standard InChI is InChI=1S/C20H19N3O2S/c1-4-10-23-19(25)15-9-8-14(11-17(15)22-20(23)26)18(24)21-16-7-5-6-12(2)13(16)3/h4-9,11H,1,10H2,2-3H3,(H,21,24)(H,22,26). The van der Waals surface area contributed by atoms with Gasteiger partial charge in [0.25, 0.3) is 11.5 Å². The summed E-state index contributed by atoms with van der Waals surface area (Å²) >= 11 is 5.24. The normalized spacial score (nSPS) is 10.7. The smallest absolute Gasteiger partial charge is 0.262 e. The number of amides is 1. The molecular weight excluding hydrogens is 346 g/mol. The van der Waals surface area contributed by atoms with Gasteiger partial charge in [-0.25, -0.2) is 0 Å². The minimum absolute atomic E-state index is 0.204. The maximum atomic E-state index is 12.6. The Kier molecular flexibility index (Phi) is 4.86. The van der Waals surface area contributed by atoms with Gasteiger partial charge in [-0.05, 0) is 61.5 Å². The molecule has 0 fully saturated rings. The van der Waals surface area contributed by atoms with Crippen LogP contribution in [-0.2, 0) is 6.54 Å². The fourth-order valence-corrected chi connectivity index (χ4v) is 3.04. The molecule has 0 atom stereocenters. The summed E-state index contributed by atoms with van der Waals surface area (Å²) in [4.78, 5) is 28.1. The van der Waals surface area contributed by atoms with E-state index < -0.39 is 0 Å². The third-order valence-electron chi connectivity index (χ3n) is 4.41. The molecular formula is C20H19N3O2S. The lowest BCUT2D eigenvalue weighted by atomic mass is 10.1. The number of nitrogens with zero attached hydrogens (tertiary/aromatic N) is 1. The highest BCUT2D eigenvalue weighted by Crippen LogP contribution is 2.19. The van der Waals surface area contributed by atoms with E-state index in [0.717, 1.165) is 16.8 Å². The SMILES string of the molecule is C=CCn1c(=S)[nH]c2cc(C(=O)Nc3cccc(C)c3C)ccc2c1=O. The molecule has 132 valence electrons. The molecule has 0 aliphatic rings. The number of anilines is 1. The van der Waals surface area contributed by atoms with Crippen molar-refractivity contribution in [2.45, 2.75) is 20.4 Å². The van der Waals surface area contributed by atoms with Gasteiger partial charge in [-0.3, -0.25) is 14.2 Å². The van der Waals surface area contributed by atoms with Crippen LogP contribution in [0.25, 0.3) is 10.9 Å². The summed E-state index contributed by atoms with van der Waals surface area (Å²) in [6.07, 6.45) is 1.61. The topological polar surface area (TPSA) is 66.9 Å². The molecule has 0 saturated heterocycles. The molecule has 0 spiro atoms. The monoisotopic (exact) mass is 365 g/mol. The molecule has 0 aliphatic carbocycles. The molecule has 0 aliphatic heterocycles. The maximum Gasteiger partial charge on any atom is 0.262 e. The van der Waals surface area contributed by atoms with E-state index in [1.54, 1.807) is 24.3 Å². The minimum Gasteiger partial charge on any atom is -0.332 e. The van der Waals surface area contributed by atoms with Gasteiger partial charge in [0.2, 0.25) is 0 Å². The van der Waals surface area contributed by atoms with Gasteiger partial charge in [-0.1, -0.05) is 18.2 Å². The van der Waals surface area contributed by atoms with Crippen LogP contribution in [0.1, 0.15) is 21.5 Å². The molecule has 3 aromatic rings. The van der Waals surface area contributed by atoms with Crippen molar-refractivity contribution in [2.75, 3.05) is 5.32 Å². The Morgan fingerprint density at radius 2 is 2.08 bits per heavy atom. The molecule has 0 saturated carbocycles. The van der Waals surface area contributed by atoms with Crippen molar-refractivity contribution < 1.29 is 4.79 Å². The zero-order valence-corrected chi connectivity index (χ0v) is 15.4. The van der Waals surface area contributed by atoms with Gasteiger partial charge >= 0.3 is 0 Å². The molecule has 2 aromatic carbocycles. The molecule has 5 nitrogen and oxygen atoms in total. The van der Waals surface area contributed by atoms with Crippen molar-refractivity contribution >= 4 is 34.7 Å². The van der Waals surface area contributed by atoms with Crippen LogP contribution in [0.4, 0.5) is 5.69 Å². The number of aryl methyl sites for hydroxylation is 1. The number of carbonyl (C=O) groups excluding carboxylic acids is 1. The van der Waals surface area contributed by atoms with E-state index in [1.165, 1.54) is 4.57 Å². The third-order valence-corrected chi connectivity index (χ3v) is 4.73. The zero-order valence-electron chi connectivity index (χ0n) is 14.6. The Bertz CT molecular complexity index is 1140. The van der Waals surface area contributed by atoms with Gasteiger partial charge in [0, 0.05) is 17.8 Å².